The second-order valence-corrected chi connectivity index (χ2v) is 13.8. The molecule has 0 amide bonds. The van der Waals surface area contributed by atoms with Gasteiger partial charge in [-0.1, -0.05) is 97.1 Å². The molecule has 162 valence electrons. The lowest BCUT2D eigenvalue weighted by atomic mass is 9.49. The molecular formula is C32H22S2. The molecule has 4 bridgehead atoms. The summed E-state index contributed by atoms with van der Waals surface area (Å²) in [6, 6.07) is 38.0. The van der Waals surface area contributed by atoms with Crippen molar-refractivity contribution in [1.82, 2.24) is 0 Å². The van der Waals surface area contributed by atoms with Crippen molar-refractivity contribution >= 4 is 23.5 Å². The van der Waals surface area contributed by atoms with E-state index in [2.05, 4.69) is 121 Å². The Morgan fingerprint density at radius 1 is 0.412 bits per heavy atom. The van der Waals surface area contributed by atoms with Gasteiger partial charge in [-0.25, -0.2) is 0 Å². The Hall–Kier alpha value is -2.42. The maximum absolute atomic E-state index is 2.48. The first-order valence-electron chi connectivity index (χ1n) is 12.6. The van der Waals surface area contributed by atoms with E-state index in [0.717, 1.165) is 0 Å². The second-order valence-electron chi connectivity index (χ2n) is 11.0. The third kappa shape index (κ3) is 1.58. The van der Waals surface area contributed by atoms with Gasteiger partial charge in [-0.2, -0.15) is 0 Å². The molecule has 4 aromatic rings. The lowest BCUT2D eigenvalue weighted by Crippen LogP contribution is -2.51. The minimum atomic E-state index is 0.0824. The van der Waals surface area contributed by atoms with Crippen LogP contribution < -0.4 is 0 Å². The zero-order chi connectivity index (χ0) is 21.8. The molecule has 0 N–H and O–H groups in total. The zero-order valence-electron chi connectivity index (χ0n) is 18.5. The average molecular weight is 471 g/mol. The van der Waals surface area contributed by atoms with Crippen LogP contribution in [0.15, 0.2) is 97.1 Å². The fourth-order valence-corrected chi connectivity index (χ4v) is 14.5. The summed E-state index contributed by atoms with van der Waals surface area (Å²) >= 11 is 4.71. The van der Waals surface area contributed by atoms with E-state index in [1.54, 1.807) is 44.5 Å². The van der Waals surface area contributed by atoms with E-state index < -0.39 is 0 Å². The molecule has 2 heterocycles. The first-order valence-corrected chi connectivity index (χ1v) is 14.3. The number of benzene rings is 4. The van der Waals surface area contributed by atoms with Crippen molar-refractivity contribution in [2.24, 2.45) is 11.8 Å². The van der Waals surface area contributed by atoms with Gasteiger partial charge in [0.25, 0.3) is 0 Å². The van der Waals surface area contributed by atoms with Crippen LogP contribution >= 0.6 is 23.5 Å². The van der Waals surface area contributed by atoms with Crippen molar-refractivity contribution in [1.29, 1.82) is 0 Å². The van der Waals surface area contributed by atoms with E-state index in [0.29, 0.717) is 34.2 Å². The van der Waals surface area contributed by atoms with Gasteiger partial charge in [0.1, 0.15) is 0 Å². The van der Waals surface area contributed by atoms with Gasteiger partial charge in [0.2, 0.25) is 0 Å². The fraction of sp³-hybridized carbons (Fsp3) is 0.250. The molecule has 2 fully saturated rings. The van der Waals surface area contributed by atoms with Crippen LogP contribution in [0.5, 0.6) is 0 Å². The minimum Gasteiger partial charge on any atom is -0.140 e. The second kappa shape index (κ2) is 5.53. The van der Waals surface area contributed by atoms with Gasteiger partial charge >= 0.3 is 0 Å². The Labute approximate surface area is 208 Å². The maximum Gasteiger partial charge on any atom is 0.0708 e. The largest absolute Gasteiger partial charge is 0.140 e. The van der Waals surface area contributed by atoms with Crippen molar-refractivity contribution in [3.8, 4) is 0 Å². The Balaban J connectivity index is 1.37. The van der Waals surface area contributed by atoms with Gasteiger partial charge in [0, 0.05) is 34.2 Å². The first kappa shape index (κ1) is 17.9. The molecule has 2 heteroatoms. The summed E-state index contributed by atoms with van der Waals surface area (Å²) in [5.41, 5.74) is 12.9. The summed E-state index contributed by atoms with van der Waals surface area (Å²) in [7, 11) is 0. The maximum atomic E-state index is 2.48. The van der Waals surface area contributed by atoms with Gasteiger partial charge in [-0.05, 0) is 44.5 Å². The summed E-state index contributed by atoms with van der Waals surface area (Å²) < 4.78 is 0.165. The van der Waals surface area contributed by atoms with E-state index in [-0.39, 0.29) is 9.49 Å². The first-order chi connectivity index (χ1) is 16.9. The number of hydrogen-bond acceptors (Lipinski definition) is 2. The van der Waals surface area contributed by atoms with Gasteiger partial charge in [-0.15, -0.1) is 23.5 Å². The topological polar surface area (TPSA) is 0 Å². The normalized spacial score (nSPS) is 39.8. The average Bonchev–Trinajstić information content (AvgIpc) is 3.47. The number of hydrogen-bond donors (Lipinski definition) is 0. The van der Waals surface area contributed by atoms with Crippen LogP contribution in [0.4, 0.5) is 0 Å². The molecule has 0 nitrogen and oxygen atoms in total. The molecule has 1 unspecified atom stereocenters. The third-order valence-corrected chi connectivity index (χ3v) is 14.0. The number of rotatable bonds is 0. The van der Waals surface area contributed by atoms with E-state index >= 15 is 0 Å². The predicted molar refractivity (Wildman–Crippen MR) is 141 cm³/mol. The van der Waals surface area contributed by atoms with E-state index in [1.807, 2.05) is 0 Å². The molecular weight excluding hydrogens is 448 g/mol. The highest BCUT2D eigenvalue weighted by Gasteiger charge is 2.79. The smallest absolute Gasteiger partial charge is 0.0708 e. The summed E-state index contributed by atoms with van der Waals surface area (Å²) in [6.07, 6.45) is 0. The van der Waals surface area contributed by atoms with E-state index in [9.17, 15) is 0 Å². The van der Waals surface area contributed by atoms with Gasteiger partial charge in [0.15, 0.2) is 0 Å². The molecule has 2 spiro atoms. The molecule has 0 radical (unpaired) electrons. The molecule has 2 saturated heterocycles. The van der Waals surface area contributed by atoms with Crippen LogP contribution in [0.1, 0.15) is 56.3 Å². The Morgan fingerprint density at radius 2 is 0.706 bits per heavy atom. The van der Waals surface area contributed by atoms with Gasteiger partial charge in [0.05, 0.1) is 9.49 Å². The Kier molecular flexibility index (Phi) is 2.92. The predicted octanol–water partition coefficient (Wildman–Crippen LogP) is 7.26. The standard InChI is InChI=1S/C32H22S2/c1-5-13-21-17(9-1)25-18-10-2-6-14-22(18)31(21)27-28-30(34-31)26-19-11-3-7-15-23(19)32(28,33-29(25)27)24-16-8-4-12-20(24)26/h1-16,25-30H/t25?,26?,27-,28+,29-,30?,31?,32?/m0/s1. The van der Waals surface area contributed by atoms with E-state index in [4.69, 9.17) is 0 Å². The Bertz CT molecular complexity index is 1370. The molecule has 8 aliphatic rings. The van der Waals surface area contributed by atoms with Crippen molar-refractivity contribution in [3.05, 3.63) is 142 Å². The van der Waals surface area contributed by atoms with Gasteiger partial charge < -0.3 is 0 Å². The minimum absolute atomic E-state index is 0.0824. The molecule has 0 aromatic heterocycles. The molecule has 34 heavy (non-hydrogen) atoms. The van der Waals surface area contributed by atoms with Crippen LogP contribution in [-0.4, -0.2) is 10.5 Å². The molecule has 6 aliphatic carbocycles. The molecule has 2 aliphatic heterocycles. The lowest BCUT2D eigenvalue weighted by molar-refractivity contribution is 0.219. The highest BCUT2D eigenvalue weighted by molar-refractivity contribution is 8.03. The SMILES string of the molecule is c1ccc2c(c1)C1c3ccccc3C23S[C@H]2C4c5ccccc5C5(SC1[C@H]3[C@@H]25)c1ccccc14. The molecule has 12 rings (SSSR count). The van der Waals surface area contributed by atoms with Crippen molar-refractivity contribution in [2.45, 2.75) is 31.8 Å². The van der Waals surface area contributed by atoms with E-state index in [1.165, 1.54) is 0 Å². The molecule has 0 saturated carbocycles. The zero-order valence-corrected chi connectivity index (χ0v) is 20.2. The number of thioether (sulfide) groups is 2. The van der Waals surface area contributed by atoms with Crippen molar-refractivity contribution < 1.29 is 0 Å². The summed E-state index contributed by atoms with van der Waals surface area (Å²) in [6.45, 7) is 0. The van der Waals surface area contributed by atoms with Crippen LogP contribution in [0, 0.1) is 11.8 Å². The summed E-state index contributed by atoms with van der Waals surface area (Å²) in [5, 5.41) is 1.26. The van der Waals surface area contributed by atoms with Crippen LogP contribution in [-0.2, 0) is 9.49 Å². The Morgan fingerprint density at radius 3 is 1.03 bits per heavy atom. The lowest BCUT2D eigenvalue weighted by Gasteiger charge is -2.54. The highest BCUT2D eigenvalue weighted by atomic mass is 32.2. The quantitative estimate of drug-likeness (QED) is 0.265. The van der Waals surface area contributed by atoms with Crippen LogP contribution in [0.2, 0.25) is 0 Å². The highest BCUT2D eigenvalue weighted by Crippen LogP contribution is 2.85. The van der Waals surface area contributed by atoms with Crippen molar-refractivity contribution in [2.75, 3.05) is 0 Å². The fourth-order valence-electron chi connectivity index (χ4n) is 9.39. The summed E-state index contributed by atoms with van der Waals surface area (Å²) in [4.78, 5) is 0. The monoisotopic (exact) mass is 470 g/mol. The van der Waals surface area contributed by atoms with Crippen LogP contribution in [0.3, 0.4) is 0 Å². The molecule has 4 atom stereocenters. The van der Waals surface area contributed by atoms with Gasteiger partial charge in [-0.3, -0.25) is 0 Å². The van der Waals surface area contributed by atoms with Crippen molar-refractivity contribution in [3.63, 3.8) is 0 Å². The third-order valence-electron chi connectivity index (χ3n) is 10.1. The van der Waals surface area contributed by atoms with Crippen LogP contribution in [0.25, 0.3) is 0 Å². The summed E-state index contributed by atoms with van der Waals surface area (Å²) in [5.74, 6) is 2.38. The molecule has 4 aromatic carbocycles.